The monoisotopic (exact) mass is 354 g/mol. The maximum absolute atomic E-state index is 12.8. The minimum absolute atomic E-state index is 0.0992. The summed E-state index contributed by atoms with van der Waals surface area (Å²) in [5.74, 6) is -0.158. The van der Waals surface area contributed by atoms with Gasteiger partial charge in [-0.15, -0.1) is 11.3 Å². The van der Waals surface area contributed by atoms with Crippen LogP contribution in [0.4, 0.5) is 0 Å². The second kappa shape index (κ2) is 6.33. The number of nitrogens with two attached hydrogens (primary N) is 1. The van der Waals surface area contributed by atoms with Crippen LogP contribution < -0.4 is 5.73 Å². The fraction of sp³-hybridized carbons (Fsp3) is 0.278. The van der Waals surface area contributed by atoms with Crippen molar-refractivity contribution in [2.75, 3.05) is 13.1 Å². The quantitative estimate of drug-likeness (QED) is 0.757. The number of carbonyl (C=O) groups is 2. The van der Waals surface area contributed by atoms with Gasteiger partial charge >= 0.3 is 0 Å². The lowest BCUT2D eigenvalue weighted by Crippen LogP contribution is -2.37. The molecule has 25 heavy (non-hydrogen) atoms. The van der Waals surface area contributed by atoms with E-state index >= 15 is 0 Å². The number of carbonyl (C=O) groups excluding carboxylic acids is 2. The number of primary amides is 1. The first-order chi connectivity index (χ1) is 12.1. The van der Waals surface area contributed by atoms with Gasteiger partial charge in [0.15, 0.2) is 0 Å². The molecule has 7 heteroatoms. The van der Waals surface area contributed by atoms with Gasteiger partial charge < -0.3 is 10.6 Å². The number of aromatic nitrogens is 2. The number of benzene rings is 1. The van der Waals surface area contributed by atoms with E-state index in [0.717, 1.165) is 33.5 Å². The number of nitrogens with zero attached hydrogens (tertiary/aromatic N) is 2. The van der Waals surface area contributed by atoms with Gasteiger partial charge in [-0.2, -0.15) is 5.10 Å². The molecule has 1 aromatic carbocycles. The van der Waals surface area contributed by atoms with Gasteiger partial charge in [-0.05, 0) is 36.4 Å². The van der Waals surface area contributed by atoms with Crippen molar-refractivity contribution in [1.82, 2.24) is 15.1 Å². The molecule has 0 unspecified atom stereocenters. The van der Waals surface area contributed by atoms with E-state index in [9.17, 15) is 9.59 Å². The molecular weight excluding hydrogens is 336 g/mol. The lowest BCUT2D eigenvalue weighted by molar-refractivity contribution is 0.0717. The SMILES string of the molecule is NC(=O)c1cc(C2CCN(C(=O)c3cc4ccccc4s3)CC2)[nH]n1. The van der Waals surface area contributed by atoms with Gasteiger partial charge in [0.1, 0.15) is 5.69 Å². The zero-order valence-corrected chi connectivity index (χ0v) is 14.4. The standard InChI is InChI=1S/C18H18N4O2S/c19-17(23)14-10-13(20-21-14)11-5-7-22(8-6-11)18(24)16-9-12-3-1-2-4-15(12)25-16/h1-4,9-11H,5-8H2,(H2,19,23)(H,20,21). The summed E-state index contributed by atoms with van der Waals surface area (Å²) in [5, 5.41) is 7.95. The number of piperidine rings is 1. The maximum atomic E-state index is 12.8. The Morgan fingerprint density at radius 3 is 2.64 bits per heavy atom. The first kappa shape index (κ1) is 15.8. The minimum atomic E-state index is -0.528. The average molecular weight is 354 g/mol. The number of thiophene rings is 1. The number of hydrogen-bond donors (Lipinski definition) is 2. The van der Waals surface area contributed by atoms with E-state index < -0.39 is 5.91 Å². The number of rotatable bonds is 3. The molecule has 128 valence electrons. The van der Waals surface area contributed by atoms with Crippen molar-refractivity contribution >= 4 is 33.2 Å². The third-order valence-corrected chi connectivity index (χ3v) is 5.81. The summed E-state index contributed by atoms with van der Waals surface area (Å²) in [6.45, 7) is 1.39. The molecule has 0 atom stereocenters. The molecule has 2 aromatic heterocycles. The van der Waals surface area contributed by atoms with Gasteiger partial charge in [0.25, 0.3) is 11.8 Å². The Kier molecular flexibility index (Phi) is 4.01. The number of H-pyrrole nitrogens is 1. The predicted octanol–water partition coefficient (Wildman–Crippen LogP) is 2.74. The van der Waals surface area contributed by atoms with E-state index in [4.69, 9.17) is 5.73 Å². The second-order valence-corrected chi connectivity index (χ2v) is 7.37. The van der Waals surface area contributed by atoms with Gasteiger partial charge in [-0.25, -0.2) is 0 Å². The molecule has 0 bridgehead atoms. The highest BCUT2D eigenvalue weighted by molar-refractivity contribution is 7.20. The van der Waals surface area contributed by atoms with Crippen LogP contribution in [0, 0.1) is 0 Å². The fourth-order valence-corrected chi connectivity index (χ4v) is 4.34. The smallest absolute Gasteiger partial charge is 0.269 e. The normalized spacial score (nSPS) is 15.6. The highest BCUT2D eigenvalue weighted by atomic mass is 32.1. The van der Waals surface area contributed by atoms with E-state index in [-0.39, 0.29) is 17.5 Å². The molecule has 0 spiro atoms. The first-order valence-corrected chi connectivity index (χ1v) is 9.06. The number of fused-ring (bicyclic) bond motifs is 1. The predicted molar refractivity (Wildman–Crippen MR) is 96.8 cm³/mol. The largest absolute Gasteiger partial charge is 0.364 e. The van der Waals surface area contributed by atoms with Crippen LogP contribution in [0.2, 0.25) is 0 Å². The Bertz CT molecular complexity index is 904. The number of aromatic amines is 1. The van der Waals surface area contributed by atoms with Crippen LogP contribution in [0.1, 0.15) is 44.6 Å². The summed E-state index contributed by atoms with van der Waals surface area (Å²) in [6, 6.07) is 11.7. The summed E-state index contributed by atoms with van der Waals surface area (Å²) in [4.78, 5) is 26.6. The molecule has 2 amide bonds. The van der Waals surface area contributed by atoms with Crippen molar-refractivity contribution in [3.63, 3.8) is 0 Å². The van der Waals surface area contributed by atoms with Crippen molar-refractivity contribution in [2.45, 2.75) is 18.8 Å². The van der Waals surface area contributed by atoms with Crippen molar-refractivity contribution < 1.29 is 9.59 Å². The van der Waals surface area contributed by atoms with Crippen LogP contribution in [-0.2, 0) is 0 Å². The van der Waals surface area contributed by atoms with E-state index in [0.29, 0.717) is 13.1 Å². The van der Waals surface area contributed by atoms with Gasteiger partial charge in [-0.3, -0.25) is 14.7 Å². The Hall–Kier alpha value is -2.67. The van der Waals surface area contributed by atoms with Gasteiger partial charge in [0.05, 0.1) is 4.88 Å². The van der Waals surface area contributed by atoms with Crippen LogP contribution in [0.5, 0.6) is 0 Å². The summed E-state index contributed by atoms with van der Waals surface area (Å²) in [6.07, 6.45) is 1.69. The third-order valence-electron chi connectivity index (χ3n) is 4.71. The maximum Gasteiger partial charge on any atom is 0.269 e. The third kappa shape index (κ3) is 3.02. The van der Waals surface area contributed by atoms with Gasteiger partial charge in [-0.1, -0.05) is 18.2 Å². The minimum Gasteiger partial charge on any atom is -0.364 e. The molecule has 3 aromatic rings. The Labute approximate surface area is 148 Å². The molecule has 4 rings (SSSR count). The molecule has 3 heterocycles. The molecule has 1 aliphatic heterocycles. The van der Waals surface area contributed by atoms with Gasteiger partial charge in [0, 0.05) is 29.4 Å². The van der Waals surface area contributed by atoms with E-state index in [1.54, 1.807) is 17.4 Å². The van der Waals surface area contributed by atoms with Crippen LogP contribution in [-0.4, -0.2) is 40.0 Å². The van der Waals surface area contributed by atoms with Crippen molar-refractivity contribution in [3.05, 3.63) is 52.7 Å². The second-order valence-electron chi connectivity index (χ2n) is 6.29. The number of hydrogen-bond acceptors (Lipinski definition) is 4. The summed E-state index contributed by atoms with van der Waals surface area (Å²) in [7, 11) is 0. The fourth-order valence-electron chi connectivity index (χ4n) is 3.31. The van der Waals surface area contributed by atoms with Crippen LogP contribution in [0.3, 0.4) is 0 Å². The van der Waals surface area contributed by atoms with Crippen molar-refractivity contribution in [1.29, 1.82) is 0 Å². The topological polar surface area (TPSA) is 92.1 Å². The molecule has 3 N–H and O–H groups in total. The molecule has 1 fully saturated rings. The molecule has 1 aliphatic rings. The number of nitrogens with one attached hydrogen (secondary N) is 1. The molecule has 6 nitrogen and oxygen atoms in total. The van der Waals surface area contributed by atoms with Crippen molar-refractivity contribution in [2.24, 2.45) is 5.73 Å². The lowest BCUT2D eigenvalue weighted by atomic mass is 9.93. The average Bonchev–Trinajstić information content (AvgIpc) is 3.28. The number of amides is 2. The molecule has 0 saturated carbocycles. The summed E-state index contributed by atoms with van der Waals surface area (Å²) in [5.41, 5.74) is 6.42. The molecular formula is C18H18N4O2S. The highest BCUT2D eigenvalue weighted by Gasteiger charge is 2.26. The van der Waals surface area contributed by atoms with E-state index in [1.807, 2.05) is 35.2 Å². The molecule has 1 saturated heterocycles. The zero-order valence-electron chi connectivity index (χ0n) is 13.6. The van der Waals surface area contributed by atoms with E-state index in [1.165, 1.54) is 0 Å². The van der Waals surface area contributed by atoms with E-state index in [2.05, 4.69) is 10.2 Å². The van der Waals surface area contributed by atoms with Crippen LogP contribution in [0.15, 0.2) is 36.4 Å². The Morgan fingerprint density at radius 2 is 1.96 bits per heavy atom. The molecule has 0 aliphatic carbocycles. The van der Waals surface area contributed by atoms with Crippen molar-refractivity contribution in [3.8, 4) is 0 Å². The zero-order chi connectivity index (χ0) is 17.4. The number of likely N-dealkylation sites (tertiary alicyclic amines) is 1. The lowest BCUT2D eigenvalue weighted by Gasteiger charge is -2.31. The van der Waals surface area contributed by atoms with Crippen LogP contribution in [0.25, 0.3) is 10.1 Å². The Balaban J connectivity index is 1.44. The summed E-state index contributed by atoms with van der Waals surface area (Å²) < 4.78 is 1.14. The highest BCUT2D eigenvalue weighted by Crippen LogP contribution is 2.30. The van der Waals surface area contributed by atoms with Gasteiger partial charge in [0.2, 0.25) is 0 Å². The molecule has 0 radical (unpaired) electrons. The first-order valence-electron chi connectivity index (χ1n) is 8.25. The summed E-state index contributed by atoms with van der Waals surface area (Å²) >= 11 is 1.54. The Morgan fingerprint density at radius 1 is 1.20 bits per heavy atom. The van der Waals surface area contributed by atoms with Crippen LogP contribution >= 0.6 is 11.3 Å².